The van der Waals surface area contributed by atoms with E-state index in [1.807, 2.05) is 0 Å². The summed E-state index contributed by atoms with van der Waals surface area (Å²) in [7, 11) is 0. The maximum atomic E-state index is 13.1. The van der Waals surface area contributed by atoms with Gasteiger partial charge in [0.2, 0.25) is 0 Å². The van der Waals surface area contributed by atoms with Crippen LogP contribution in [0, 0.1) is 12.7 Å². The van der Waals surface area contributed by atoms with Crippen LogP contribution in [0.4, 0.5) is 4.39 Å². The quantitative estimate of drug-likeness (QED) is 0.803. The van der Waals surface area contributed by atoms with E-state index in [2.05, 4.69) is 9.97 Å². The van der Waals surface area contributed by atoms with Crippen LogP contribution in [0.1, 0.15) is 21.7 Å². The molecule has 0 fully saturated rings. The van der Waals surface area contributed by atoms with Gasteiger partial charge in [0, 0.05) is 18.0 Å². The average Bonchev–Trinajstić information content (AvgIpc) is 2.68. The number of hydrogen-bond acceptors (Lipinski definition) is 2. The van der Waals surface area contributed by atoms with E-state index in [-0.39, 0.29) is 18.0 Å². The second-order valence-electron chi connectivity index (χ2n) is 3.65. The highest BCUT2D eigenvalue weighted by molar-refractivity contribution is 5.97. The Bertz CT molecular complexity index is 485. The number of carbonyl (C=O) groups is 1. The maximum Gasteiger partial charge on any atom is 0.170 e. The molecule has 16 heavy (non-hydrogen) atoms. The van der Waals surface area contributed by atoms with E-state index >= 15 is 0 Å². The van der Waals surface area contributed by atoms with Gasteiger partial charge in [-0.15, -0.1) is 0 Å². The number of ketones is 1. The molecule has 82 valence electrons. The third kappa shape index (κ3) is 2.34. The number of Topliss-reactive ketones (excluding diaryl/α,β-unsaturated/α-hetero) is 1. The molecule has 4 heteroatoms. The first kappa shape index (κ1) is 10.5. The fourth-order valence-electron chi connectivity index (χ4n) is 1.55. The number of imidazole rings is 1. The van der Waals surface area contributed by atoms with Crippen LogP contribution in [-0.2, 0) is 6.42 Å². The molecule has 0 unspecified atom stereocenters. The lowest BCUT2D eigenvalue weighted by atomic mass is 10.1. The largest absolute Gasteiger partial charge is 0.348 e. The molecule has 0 amide bonds. The molecule has 0 aliphatic carbocycles. The second-order valence-corrected chi connectivity index (χ2v) is 3.65. The molecule has 2 aromatic rings. The Hall–Kier alpha value is -1.97. The molecule has 0 aliphatic rings. The molecule has 0 saturated heterocycles. The van der Waals surface area contributed by atoms with Crippen molar-refractivity contribution in [2.24, 2.45) is 0 Å². The fraction of sp³-hybridized carbons (Fsp3) is 0.167. The normalized spacial score (nSPS) is 10.4. The summed E-state index contributed by atoms with van der Waals surface area (Å²) in [6.45, 7) is 1.76. The molecule has 0 saturated carbocycles. The summed E-state index contributed by atoms with van der Waals surface area (Å²) >= 11 is 0. The van der Waals surface area contributed by atoms with Crippen LogP contribution >= 0.6 is 0 Å². The Labute approximate surface area is 92.3 Å². The molecule has 1 N–H and O–H groups in total. The number of aryl methyl sites for hydroxylation is 1. The predicted molar refractivity (Wildman–Crippen MR) is 57.8 cm³/mol. The number of aromatic nitrogens is 2. The monoisotopic (exact) mass is 218 g/mol. The highest BCUT2D eigenvalue weighted by Crippen LogP contribution is 2.10. The maximum absolute atomic E-state index is 13.1. The van der Waals surface area contributed by atoms with Gasteiger partial charge < -0.3 is 4.98 Å². The van der Waals surface area contributed by atoms with Crippen LogP contribution in [0.25, 0.3) is 0 Å². The van der Waals surface area contributed by atoms with Gasteiger partial charge in [-0.2, -0.15) is 0 Å². The van der Waals surface area contributed by atoms with E-state index in [0.717, 1.165) is 5.56 Å². The molecule has 0 atom stereocenters. The highest BCUT2D eigenvalue weighted by atomic mass is 19.1. The van der Waals surface area contributed by atoms with Crippen molar-refractivity contribution in [3.63, 3.8) is 0 Å². The van der Waals surface area contributed by atoms with Gasteiger partial charge >= 0.3 is 0 Å². The number of aromatic amines is 1. The van der Waals surface area contributed by atoms with Crippen LogP contribution in [0.15, 0.2) is 30.6 Å². The number of nitrogens with zero attached hydrogens (tertiary/aromatic N) is 1. The number of rotatable bonds is 3. The lowest BCUT2D eigenvalue weighted by Crippen LogP contribution is -2.05. The zero-order valence-corrected chi connectivity index (χ0v) is 8.83. The Morgan fingerprint density at radius 1 is 1.44 bits per heavy atom. The zero-order chi connectivity index (χ0) is 11.5. The third-order valence-corrected chi connectivity index (χ3v) is 2.25. The van der Waals surface area contributed by atoms with Gasteiger partial charge in [0.15, 0.2) is 5.78 Å². The van der Waals surface area contributed by atoms with Crippen molar-refractivity contribution >= 4 is 5.78 Å². The minimum absolute atomic E-state index is 0.141. The number of carbonyl (C=O) groups excluding carboxylic acids is 1. The summed E-state index contributed by atoms with van der Waals surface area (Å²) < 4.78 is 13.1. The van der Waals surface area contributed by atoms with Crippen LogP contribution < -0.4 is 0 Å². The van der Waals surface area contributed by atoms with Crippen LogP contribution in [0.3, 0.4) is 0 Å². The van der Waals surface area contributed by atoms with E-state index in [9.17, 15) is 9.18 Å². The zero-order valence-electron chi connectivity index (χ0n) is 8.83. The SMILES string of the molecule is Cc1cc(F)cc(C(=O)Cc2ncc[nH]2)c1. The third-order valence-electron chi connectivity index (χ3n) is 2.25. The van der Waals surface area contributed by atoms with Crippen molar-refractivity contribution in [2.75, 3.05) is 0 Å². The molecule has 0 radical (unpaired) electrons. The smallest absolute Gasteiger partial charge is 0.170 e. The Morgan fingerprint density at radius 3 is 2.88 bits per heavy atom. The van der Waals surface area contributed by atoms with Crippen molar-refractivity contribution in [1.29, 1.82) is 0 Å². The van der Waals surface area contributed by atoms with Gasteiger partial charge in [0.1, 0.15) is 11.6 Å². The first-order valence-electron chi connectivity index (χ1n) is 4.94. The standard InChI is InChI=1S/C12H11FN2O/c1-8-4-9(6-10(13)5-8)11(16)7-12-14-2-3-15-12/h2-6H,7H2,1H3,(H,14,15). The van der Waals surface area contributed by atoms with Gasteiger partial charge in [-0.3, -0.25) is 4.79 Å². The van der Waals surface area contributed by atoms with E-state index in [1.165, 1.54) is 12.1 Å². The van der Waals surface area contributed by atoms with E-state index in [1.54, 1.807) is 25.4 Å². The lowest BCUT2D eigenvalue weighted by molar-refractivity contribution is 0.0990. The first-order chi connectivity index (χ1) is 7.65. The van der Waals surface area contributed by atoms with E-state index in [0.29, 0.717) is 11.4 Å². The minimum atomic E-state index is -0.386. The molecule has 1 heterocycles. The number of H-pyrrole nitrogens is 1. The molecule has 1 aromatic carbocycles. The van der Waals surface area contributed by atoms with Crippen LogP contribution in [-0.4, -0.2) is 15.8 Å². The molecular formula is C12H11FN2O. The Kier molecular flexibility index (Phi) is 2.81. The van der Waals surface area contributed by atoms with Gasteiger partial charge in [-0.05, 0) is 30.7 Å². The summed E-state index contributed by atoms with van der Waals surface area (Å²) in [5.74, 6) is 0.0623. The topological polar surface area (TPSA) is 45.8 Å². The Balaban J connectivity index is 2.21. The van der Waals surface area contributed by atoms with Gasteiger partial charge in [-0.1, -0.05) is 0 Å². The number of hydrogen-bond donors (Lipinski definition) is 1. The lowest BCUT2D eigenvalue weighted by Gasteiger charge is -2.01. The highest BCUT2D eigenvalue weighted by Gasteiger charge is 2.10. The fourth-order valence-corrected chi connectivity index (χ4v) is 1.55. The summed E-state index contributed by atoms with van der Waals surface area (Å²) in [6.07, 6.45) is 3.40. The van der Waals surface area contributed by atoms with Crippen LogP contribution in [0.5, 0.6) is 0 Å². The van der Waals surface area contributed by atoms with Crippen molar-refractivity contribution in [1.82, 2.24) is 9.97 Å². The average molecular weight is 218 g/mol. The summed E-state index contributed by atoms with van der Waals surface area (Å²) in [5, 5.41) is 0. The Morgan fingerprint density at radius 2 is 2.25 bits per heavy atom. The molecule has 3 nitrogen and oxygen atoms in total. The number of halogens is 1. The molecule has 0 bridgehead atoms. The van der Waals surface area contributed by atoms with Crippen molar-refractivity contribution in [3.05, 3.63) is 53.4 Å². The van der Waals surface area contributed by atoms with Crippen molar-refractivity contribution in [2.45, 2.75) is 13.3 Å². The molecule has 1 aromatic heterocycles. The molecule has 0 aliphatic heterocycles. The van der Waals surface area contributed by atoms with Crippen LogP contribution in [0.2, 0.25) is 0 Å². The number of benzene rings is 1. The van der Waals surface area contributed by atoms with Crippen molar-refractivity contribution < 1.29 is 9.18 Å². The molecule has 2 rings (SSSR count). The number of nitrogens with one attached hydrogen (secondary N) is 1. The first-order valence-corrected chi connectivity index (χ1v) is 4.94. The second kappa shape index (κ2) is 4.26. The predicted octanol–water partition coefficient (Wildman–Crippen LogP) is 2.28. The van der Waals surface area contributed by atoms with E-state index < -0.39 is 0 Å². The van der Waals surface area contributed by atoms with E-state index in [4.69, 9.17) is 0 Å². The minimum Gasteiger partial charge on any atom is -0.348 e. The van der Waals surface area contributed by atoms with Crippen molar-refractivity contribution in [3.8, 4) is 0 Å². The summed E-state index contributed by atoms with van der Waals surface area (Å²) in [6, 6.07) is 4.32. The van der Waals surface area contributed by atoms with Gasteiger partial charge in [0.05, 0.1) is 6.42 Å². The molecule has 0 spiro atoms. The molecular weight excluding hydrogens is 207 g/mol. The van der Waals surface area contributed by atoms with Gasteiger partial charge in [0.25, 0.3) is 0 Å². The summed E-state index contributed by atoms with van der Waals surface area (Å²) in [4.78, 5) is 18.6. The van der Waals surface area contributed by atoms with Gasteiger partial charge in [-0.25, -0.2) is 9.37 Å². The summed E-state index contributed by atoms with van der Waals surface area (Å²) in [5.41, 5.74) is 1.12.